The fourth-order valence-corrected chi connectivity index (χ4v) is 2.77. The molecule has 1 heterocycles. The Morgan fingerprint density at radius 3 is 2.50 bits per heavy atom. The quantitative estimate of drug-likeness (QED) is 0.449. The number of hydrogen-bond donors (Lipinski definition) is 2. The van der Waals surface area contributed by atoms with Crippen molar-refractivity contribution in [3.05, 3.63) is 70.9 Å². The van der Waals surface area contributed by atoms with Gasteiger partial charge in [-0.3, -0.25) is 9.89 Å². The highest BCUT2D eigenvalue weighted by atomic mass is 35.5. The van der Waals surface area contributed by atoms with E-state index in [0.29, 0.717) is 29.4 Å². The van der Waals surface area contributed by atoms with Crippen LogP contribution in [0.15, 0.2) is 59.7 Å². The maximum atomic E-state index is 12.4. The first-order valence-electron chi connectivity index (χ1n) is 9.02. The van der Waals surface area contributed by atoms with Crippen molar-refractivity contribution in [3.8, 4) is 17.0 Å². The lowest BCUT2D eigenvalue weighted by Gasteiger charge is -2.07. The molecule has 0 unspecified atom stereocenters. The van der Waals surface area contributed by atoms with Gasteiger partial charge in [0.2, 0.25) is 0 Å². The molecular weight excluding hydrogens is 376 g/mol. The number of rotatable bonds is 7. The molecule has 0 saturated heterocycles. The molecule has 0 saturated carbocycles. The fraction of sp³-hybridized carbons (Fsp3) is 0.190. The number of carbonyl (C=O) groups is 1. The molecule has 3 aromatic rings. The van der Waals surface area contributed by atoms with Crippen molar-refractivity contribution >= 4 is 23.2 Å². The second-order valence-corrected chi connectivity index (χ2v) is 6.42. The van der Waals surface area contributed by atoms with E-state index in [4.69, 9.17) is 16.3 Å². The van der Waals surface area contributed by atoms with Gasteiger partial charge in [-0.15, -0.1) is 0 Å². The van der Waals surface area contributed by atoms with E-state index in [9.17, 15) is 4.79 Å². The lowest BCUT2D eigenvalue weighted by Crippen LogP contribution is -2.20. The number of hydrazone groups is 1. The second kappa shape index (κ2) is 9.19. The molecule has 144 valence electrons. The van der Waals surface area contributed by atoms with E-state index in [1.807, 2.05) is 50.2 Å². The Bertz CT molecular complexity index is 963. The molecule has 3 rings (SSSR count). The van der Waals surface area contributed by atoms with E-state index in [-0.39, 0.29) is 5.91 Å². The molecule has 0 aliphatic heterocycles. The number of amides is 1. The minimum atomic E-state index is -0.357. The molecule has 6 nitrogen and oxygen atoms in total. The van der Waals surface area contributed by atoms with Crippen LogP contribution < -0.4 is 10.2 Å². The largest absolute Gasteiger partial charge is 0.494 e. The van der Waals surface area contributed by atoms with Crippen molar-refractivity contribution in [2.24, 2.45) is 5.10 Å². The van der Waals surface area contributed by atoms with Crippen molar-refractivity contribution in [1.29, 1.82) is 0 Å². The van der Waals surface area contributed by atoms with Gasteiger partial charge in [0, 0.05) is 10.6 Å². The summed E-state index contributed by atoms with van der Waals surface area (Å²) in [6.07, 6.45) is 0.674. The molecule has 0 aliphatic carbocycles. The number of ether oxygens (including phenoxy) is 1. The first-order valence-corrected chi connectivity index (χ1v) is 9.40. The first kappa shape index (κ1) is 19.6. The van der Waals surface area contributed by atoms with Crippen LogP contribution in [0.5, 0.6) is 5.75 Å². The number of benzene rings is 2. The normalized spacial score (nSPS) is 11.3. The van der Waals surface area contributed by atoms with Gasteiger partial charge in [0.1, 0.15) is 11.4 Å². The lowest BCUT2D eigenvalue weighted by molar-refractivity contribution is 0.0950. The Kier molecular flexibility index (Phi) is 6.45. The van der Waals surface area contributed by atoms with Gasteiger partial charge in [-0.1, -0.05) is 30.7 Å². The number of aromatic amines is 1. The minimum absolute atomic E-state index is 0.329. The summed E-state index contributed by atoms with van der Waals surface area (Å²) in [5.41, 5.74) is 6.15. The fourth-order valence-electron chi connectivity index (χ4n) is 2.64. The van der Waals surface area contributed by atoms with Crippen LogP contribution in [0.4, 0.5) is 0 Å². The predicted molar refractivity (Wildman–Crippen MR) is 111 cm³/mol. The molecule has 28 heavy (non-hydrogen) atoms. The van der Waals surface area contributed by atoms with Crippen LogP contribution in [0.2, 0.25) is 5.02 Å². The third-order valence-electron chi connectivity index (χ3n) is 4.09. The van der Waals surface area contributed by atoms with Gasteiger partial charge in [-0.25, -0.2) is 5.43 Å². The molecule has 0 bridgehead atoms. The second-order valence-electron chi connectivity index (χ2n) is 5.98. The van der Waals surface area contributed by atoms with Crippen LogP contribution in [-0.4, -0.2) is 28.4 Å². The van der Waals surface area contributed by atoms with Crippen LogP contribution in [0, 0.1) is 0 Å². The molecule has 1 amide bonds. The van der Waals surface area contributed by atoms with Gasteiger partial charge < -0.3 is 4.74 Å². The summed E-state index contributed by atoms with van der Waals surface area (Å²) in [7, 11) is 0. The molecule has 0 spiro atoms. The summed E-state index contributed by atoms with van der Waals surface area (Å²) >= 11 is 5.90. The Labute approximate surface area is 168 Å². The number of carbonyl (C=O) groups excluding carboxylic acids is 1. The van der Waals surface area contributed by atoms with Gasteiger partial charge in [0.15, 0.2) is 0 Å². The maximum absolute atomic E-state index is 12.4. The van der Waals surface area contributed by atoms with Crippen molar-refractivity contribution in [3.63, 3.8) is 0 Å². The van der Waals surface area contributed by atoms with Gasteiger partial charge in [-0.05, 0) is 61.4 Å². The van der Waals surface area contributed by atoms with Crippen LogP contribution in [0.1, 0.15) is 36.3 Å². The van der Waals surface area contributed by atoms with Gasteiger partial charge in [0.05, 0.1) is 18.0 Å². The number of hydrogen-bond acceptors (Lipinski definition) is 4. The number of H-pyrrole nitrogens is 1. The number of nitrogens with zero attached hydrogens (tertiary/aromatic N) is 2. The zero-order chi connectivity index (χ0) is 19.9. The number of nitrogens with one attached hydrogen (secondary N) is 2. The summed E-state index contributed by atoms with van der Waals surface area (Å²) in [6, 6.07) is 16.6. The van der Waals surface area contributed by atoms with E-state index in [1.165, 1.54) is 0 Å². The monoisotopic (exact) mass is 396 g/mol. The third kappa shape index (κ3) is 4.78. The molecule has 0 fully saturated rings. The maximum Gasteiger partial charge on any atom is 0.289 e. The average molecular weight is 397 g/mol. The lowest BCUT2D eigenvalue weighted by atomic mass is 10.1. The predicted octanol–water partition coefficient (Wildman–Crippen LogP) is 4.67. The van der Waals surface area contributed by atoms with Crippen molar-refractivity contribution in [2.75, 3.05) is 6.61 Å². The third-order valence-corrected chi connectivity index (χ3v) is 4.34. The molecule has 0 atom stereocenters. The Balaban J connectivity index is 1.70. The summed E-state index contributed by atoms with van der Waals surface area (Å²) in [5.74, 6) is 0.447. The van der Waals surface area contributed by atoms with E-state index in [1.54, 1.807) is 18.2 Å². The average Bonchev–Trinajstić information content (AvgIpc) is 3.20. The Hall–Kier alpha value is -3.12. The van der Waals surface area contributed by atoms with Crippen molar-refractivity contribution < 1.29 is 9.53 Å². The van der Waals surface area contributed by atoms with Crippen molar-refractivity contribution in [1.82, 2.24) is 15.6 Å². The van der Waals surface area contributed by atoms with E-state index >= 15 is 0 Å². The zero-order valence-electron chi connectivity index (χ0n) is 15.7. The van der Waals surface area contributed by atoms with Crippen molar-refractivity contribution in [2.45, 2.75) is 20.3 Å². The van der Waals surface area contributed by atoms with E-state index in [2.05, 4.69) is 20.7 Å². The topological polar surface area (TPSA) is 79.4 Å². The van der Waals surface area contributed by atoms with Gasteiger partial charge >= 0.3 is 0 Å². The highest BCUT2D eigenvalue weighted by Crippen LogP contribution is 2.20. The van der Waals surface area contributed by atoms with Crippen LogP contribution >= 0.6 is 11.6 Å². The summed E-state index contributed by atoms with van der Waals surface area (Å²) in [6.45, 7) is 4.54. The van der Waals surface area contributed by atoms with E-state index < -0.39 is 0 Å². The summed E-state index contributed by atoms with van der Waals surface area (Å²) < 4.78 is 5.45. The molecular formula is C21H21ClN4O2. The molecule has 2 aromatic carbocycles. The minimum Gasteiger partial charge on any atom is -0.494 e. The standard InChI is InChI=1S/C21H21ClN4O2/c1-3-18(14-7-11-17(12-8-14)28-4-2)23-26-21(27)20-13-19(24-25-20)15-5-9-16(22)10-6-15/h5-13H,3-4H2,1-2H3,(H,24,25)(H,26,27)/b23-18-. The van der Waals surface area contributed by atoms with E-state index in [0.717, 1.165) is 22.6 Å². The molecule has 2 N–H and O–H groups in total. The van der Waals surface area contributed by atoms with Crippen LogP contribution in [0.3, 0.4) is 0 Å². The Morgan fingerprint density at radius 1 is 1.14 bits per heavy atom. The van der Waals surface area contributed by atoms with Gasteiger partial charge in [0.25, 0.3) is 5.91 Å². The molecule has 1 aromatic heterocycles. The summed E-state index contributed by atoms with van der Waals surface area (Å²) in [5, 5.41) is 11.8. The van der Waals surface area contributed by atoms with Gasteiger partial charge in [-0.2, -0.15) is 10.2 Å². The summed E-state index contributed by atoms with van der Waals surface area (Å²) in [4.78, 5) is 12.4. The number of halogens is 1. The smallest absolute Gasteiger partial charge is 0.289 e. The number of aromatic nitrogens is 2. The molecule has 0 aliphatic rings. The SMILES string of the molecule is CCOc1ccc(/C(CC)=N\NC(=O)c2cc(-c3ccc(Cl)cc3)n[nH]2)cc1. The highest BCUT2D eigenvalue weighted by molar-refractivity contribution is 6.30. The molecule has 0 radical (unpaired) electrons. The van der Waals surface area contributed by atoms with Crippen LogP contribution in [0.25, 0.3) is 11.3 Å². The highest BCUT2D eigenvalue weighted by Gasteiger charge is 2.11. The Morgan fingerprint density at radius 2 is 1.86 bits per heavy atom. The zero-order valence-corrected chi connectivity index (χ0v) is 16.5. The van der Waals surface area contributed by atoms with Crippen LogP contribution in [-0.2, 0) is 0 Å². The first-order chi connectivity index (χ1) is 13.6. The molecule has 7 heteroatoms.